The molecule has 3 N–H and O–H groups in total. The Balaban J connectivity index is 1.86. The third-order valence-corrected chi connectivity index (χ3v) is 4.19. The summed E-state index contributed by atoms with van der Waals surface area (Å²) in [5.74, 6) is -0.760. The van der Waals surface area contributed by atoms with Crippen LogP contribution in [-0.4, -0.2) is 65.0 Å². The van der Waals surface area contributed by atoms with Gasteiger partial charge in [-0.25, -0.2) is 0 Å². The minimum absolute atomic E-state index is 0.0514. The molecule has 2 aliphatic rings. The van der Waals surface area contributed by atoms with Crippen molar-refractivity contribution in [2.45, 2.75) is 37.6 Å². The number of amides is 1. The Morgan fingerprint density at radius 3 is 2.16 bits per heavy atom. The second-order valence-corrected chi connectivity index (χ2v) is 5.68. The molecule has 1 aliphatic carbocycles. The van der Waals surface area contributed by atoms with Gasteiger partial charge in [-0.2, -0.15) is 0 Å². The molecule has 0 spiro atoms. The van der Waals surface area contributed by atoms with Crippen molar-refractivity contribution in [3.8, 4) is 0 Å². The normalized spacial score (nSPS) is 24.2. The van der Waals surface area contributed by atoms with Gasteiger partial charge in [-0.3, -0.25) is 14.5 Å². The molecule has 1 heterocycles. The van der Waals surface area contributed by atoms with Crippen LogP contribution < -0.4 is 5.73 Å². The molecule has 1 saturated carbocycles. The second-order valence-electron chi connectivity index (χ2n) is 5.68. The zero-order chi connectivity index (χ0) is 13.9. The lowest BCUT2D eigenvalue weighted by molar-refractivity contribution is -0.141. The molecule has 0 unspecified atom stereocenters. The number of carbonyl (C=O) groups is 2. The first-order valence-electron chi connectivity index (χ1n) is 7.04. The summed E-state index contributed by atoms with van der Waals surface area (Å²) >= 11 is 0. The lowest BCUT2D eigenvalue weighted by Crippen LogP contribution is -2.60. The van der Waals surface area contributed by atoms with E-state index in [4.69, 9.17) is 10.8 Å². The monoisotopic (exact) mass is 269 g/mol. The fourth-order valence-electron chi connectivity index (χ4n) is 3.01. The minimum Gasteiger partial charge on any atom is -0.480 e. The Bertz CT molecular complexity index is 345. The van der Waals surface area contributed by atoms with Gasteiger partial charge in [-0.05, 0) is 12.8 Å². The van der Waals surface area contributed by atoms with Crippen molar-refractivity contribution in [1.29, 1.82) is 0 Å². The average molecular weight is 269 g/mol. The highest BCUT2D eigenvalue weighted by Crippen LogP contribution is 2.28. The van der Waals surface area contributed by atoms with Gasteiger partial charge in [0, 0.05) is 26.2 Å². The highest BCUT2D eigenvalue weighted by Gasteiger charge is 2.39. The Hall–Kier alpha value is -1.14. The molecule has 1 aliphatic heterocycles. The number of aliphatic carboxylic acids is 1. The van der Waals surface area contributed by atoms with Crippen LogP contribution in [0, 0.1) is 0 Å². The van der Waals surface area contributed by atoms with Crippen LogP contribution in [0.3, 0.4) is 0 Å². The van der Waals surface area contributed by atoms with E-state index in [0.717, 1.165) is 25.7 Å². The van der Waals surface area contributed by atoms with E-state index >= 15 is 0 Å². The molecule has 6 heteroatoms. The van der Waals surface area contributed by atoms with Gasteiger partial charge >= 0.3 is 5.97 Å². The Morgan fingerprint density at radius 2 is 1.63 bits per heavy atom. The summed E-state index contributed by atoms with van der Waals surface area (Å²) < 4.78 is 0. The van der Waals surface area contributed by atoms with E-state index in [1.807, 2.05) is 9.80 Å². The minimum atomic E-state index is -0.817. The summed E-state index contributed by atoms with van der Waals surface area (Å²) in [6.45, 7) is 2.47. The SMILES string of the molecule is NC1(C(=O)N2CCN(CC(=O)O)CC2)CCCCC1. The molecule has 0 aromatic carbocycles. The molecular formula is C13H23N3O3. The third-order valence-electron chi connectivity index (χ3n) is 4.19. The zero-order valence-corrected chi connectivity index (χ0v) is 11.3. The maximum Gasteiger partial charge on any atom is 0.317 e. The van der Waals surface area contributed by atoms with E-state index in [1.165, 1.54) is 6.42 Å². The van der Waals surface area contributed by atoms with Crippen molar-refractivity contribution < 1.29 is 14.7 Å². The molecule has 6 nitrogen and oxygen atoms in total. The van der Waals surface area contributed by atoms with Crippen molar-refractivity contribution in [2.24, 2.45) is 5.73 Å². The largest absolute Gasteiger partial charge is 0.480 e. The molecule has 2 fully saturated rings. The summed E-state index contributed by atoms with van der Waals surface area (Å²) in [6.07, 6.45) is 4.78. The van der Waals surface area contributed by atoms with Crippen LogP contribution in [0.25, 0.3) is 0 Å². The molecular weight excluding hydrogens is 246 g/mol. The number of nitrogens with two attached hydrogens (primary N) is 1. The first-order valence-corrected chi connectivity index (χ1v) is 7.04. The van der Waals surface area contributed by atoms with E-state index in [9.17, 15) is 9.59 Å². The lowest BCUT2D eigenvalue weighted by Gasteiger charge is -2.40. The summed E-state index contributed by atoms with van der Waals surface area (Å²) in [6, 6.07) is 0. The van der Waals surface area contributed by atoms with E-state index in [0.29, 0.717) is 26.2 Å². The predicted octanol–water partition coefficient (Wildman–Crippen LogP) is -0.123. The fourth-order valence-corrected chi connectivity index (χ4v) is 3.01. The van der Waals surface area contributed by atoms with Gasteiger partial charge in [0.25, 0.3) is 0 Å². The summed E-state index contributed by atoms with van der Waals surface area (Å²) in [5, 5.41) is 8.74. The second kappa shape index (κ2) is 5.88. The molecule has 1 amide bonds. The van der Waals surface area contributed by atoms with Gasteiger partial charge in [-0.1, -0.05) is 19.3 Å². The van der Waals surface area contributed by atoms with Crippen LogP contribution in [0.4, 0.5) is 0 Å². The van der Waals surface area contributed by atoms with Gasteiger partial charge in [0.1, 0.15) is 0 Å². The number of hydrogen-bond acceptors (Lipinski definition) is 4. The summed E-state index contributed by atoms with van der Waals surface area (Å²) in [5.41, 5.74) is 5.58. The number of carboxylic acids is 1. The van der Waals surface area contributed by atoms with Crippen LogP contribution >= 0.6 is 0 Å². The number of hydrogen-bond donors (Lipinski definition) is 2. The number of nitrogens with zero attached hydrogens (tertiary/aromatic N) is 2. The lowest BCUT2D eigenvalue weighted by atomic mass is 9.81. The highest BCUT2D eigenvalue weighted by atomic mass is 16.4. The van der Waals surface area contributed by atoms with Gasteiger partial charge < -0.3 is 15.7 Å². The third kappa shape index (κ3) is 3.45. The van der Waals surface area contributed by atoms with Crippen molar-refractivity contribution >= 4 is 11.9 Å². The van der Waals surface area contributed by atoms with Crippen LogP contribution in [0.2, 0.25) is 0 Å². The molecule has 0 bridgehead atoms. The fraction of sp³-hybridized carbons (Fsp3) is 0.846. The van der Waals surface area contributed by atoms with E-state index < -0.39 is 11.5 Å². The molecule has 2 rings (SSSR count). The predicted molar refractivity (Wildman–Crippen MR) is 70.7 cm³/mol. The van der Waals surface area contributed by atoms with Gasteiger partial charge in [-0.15, -0.1) is 0 Å². The van der Waals surface area contributed by atoms with Crippen molar-refractivity contribution in [2.75, 3.05) is 32.7 Å². The zero-order valence-electron chi connectivity index (χ0n) is 11.3. The maximum absolute atomic E-state index is 12.5. The van der Waals surface area contributed by atoms with E-state index in [1.54, 1.807) is 0 Å². The van der Waals surface area contributed by atoms with Gasteiger partial charge in [0.15, 0.2) is 0 Å². The smallest absolute Gasteiger partial charge is 0.317 e. The van der Waals surface area contributed by atoms with Crippen LogP contribution in [0.1, 0.15) is 32.1 Å². The first kappa shape index (κ1) is 14.3. The Morgan fingerprint density at radius 1 is 1.05 bits per heavy atom. The highest BCUT2D eigenvalue weighted by molar-refractivity contribution is 5.86. The molecule has 19 heavy (non-hydrogen) atoms. The quantitative estimate of drug-likeness (QED) is 0.745. The van der Waals surface area contributed by atoms with Crippen LogP contribution in [-0.2, 0) is 9.59 Å². The van der Waals surface area contributed by atoms with E-state index in [-0.39, 0.29) is 12.5 Å². The molecule has 0 aromatic rings. The maximum atomic E-state index is 12.5. The van der Waals surface area contributed by atoms with E-state index in [2.05, 4.69) is 0 Å². The first-order chi connectivity index (χ1) is 9.01. The molecule has 108 valence electrons. The van der Waals surface area contributed by atoms with Crippen molar-refractivity contribution in [3.63, 3.8) is 0 Å². The standard InChI is InChI=1S/C13H23N3O3/c14-13(4-2-1-3-5-13)12(19)16-8-6-15(7-9-16)10-11(17)18/h1-10,14H2,(H,17,18). The molecule has 0 aromatic heterocycles. The van der Waals surface area contributed by atoms with Crippen molar-refractivity contribution in [1.82, 2.24) is 9.80 Å². The Kier molecular flexibility index (Phi) is 4.42. The summed E-state index contributed by atoms with van der Waals surface area (Å²) in [4.78, 5) is 26.8. The van der Waals surface area contributed by atoms with Gasteiger partial charge in [0.05, 0.1) is 12.1 Å². The van der Waals surface area contributed by atoms with Crippen molar-refractivity contribution in [3.05, 3.63) is 0 Å². The number of rotatable bonds is 3. The number of carboxylic acid groups (broad SMARTS) is 1. The van der Waals surface area contributed by atoms with Gasteiger partial charge in [0.2, 0.25) is 5.91 Å². The topological polar surface area (TPSA) is 86.9 Å². The number of piperazine rings is 1. The summed E-state index contributed by atoms with van der Waals surface area (Å²) in [7, 11) is 0. The van der Waals surface area contributed by atoms with Crippen LogP contribution in [0.5, 0.6) is 0 Å². The Labute approximate surface area is 113 Å². The average Bonchev–Trinajstić information content (AvgIpc) is 2.39. The molecule has 0 atom stereocenters. The number of carbonyl (C=O) groups excluding carboxylic acids is 1. The molecule has 1 saturated heterocycles. The molecule has 0 radical (unpaired) electrons. The van der Waals surface area contributed by atoms with Crippen LogP contribution in [0.15, 0.2) is 0 Å².